The Morgan fingerprint density at radius 2 is 1.76 bits per heavy atom. The molecule has 3 aromatic rings. The van der Waals surface area contributed by atoms with Gasteiger partial charge in [-0.2, -0.15) is 0 Å². The van der Waals surface area contributed by atoms with E-state index in [4.69, 9.17) is 14.1 Å². The third-order valence-electron chi connectivity index (χ3n) is 7.95. The van der Waals surface area contributed by atoms with Crippen molar-refractivity contribution >= 4 is 34.4 Å². The van der Waals surface area contributed by atoms with Gasteiger partial charge in [-0.25, -0.2) is 4.98 Å². The summed E-state index contributed by atoms with van der Waals surface area (Å²) in [5, 5.41) is 0.907. The summed E-state index contributed by atoms with van der Waals surface area (Å²) in [7, 11) is 0. The zero-order valence-corrected chi connectivity index (χ0v) is 21.3. The van der Waals surface area contributed by atoms with E-state index in [2.05, 4.69) is 13.0 Å². The summed E-state index contributed by atoms with van der Waals surface area (Å²) in [4.78, 5) is 36.1. The molecule has 0 bridgehead atoms. The van der Waals surface area contributed by atoms with Crippen LogP contribution >= 0.6 is 0 Å². The van der Waals surface area contributed by atoms with E-state index in [1.807, 2.05) is 46.2 Å². The third kappa shape index (κ3) is 4.68. The Hall–Kier alpha value is -3.45. The molecule has 37 heavy (non-hydrogen) atoms. The molecule has 2 amide bonds. The molecule has 6 rings (SSSR count). The molecule has 4 heterocycles. The van der Waals surface area contributed by atoms with Gasteiger partial charge in [0.2, 0.25) is 5.91 Å². The zero-order valence-electron chi connectivity index (χ0n) is 21.3. The average Bonchev–Trinajstić information content (AvgIpc) is 3.45. The van der Waals surface area contributed by atoms with E-state index < -0.39 is 0 Å². The Bertz CT molecular complexity index is 1330. The molecular formula is C30H33N3O4. The largest absolute Gasteiger partial charge is 0.465 e. The van der Waals surface area contributed by atoms with Gasteiger partial charge in [0.1, 0.15) is 5.76 Å². The van der Waals surface area contributed by atoms with Crippen molar-refractivity contribution in [1.82, 2.24) is 14.8 Å². The maximum atomic E-state index is 14.1. The first-order valence-corrected chi connectivity index (χ1v) is 13.4. The molecule has 7 heteroatoms. The molecular weight excluding hydrogens is 466 g/mol. The molecule has 3 aliphatic rings. The number of rotatable bonds is 3. The lowest BCUT2D eigenvalue weighted by molar-refractivity contribution is -0.141. The van der Waals surface area contributed by atoms with Crippen LogP contribution in [0, 0.1) is 11.8 Å². The van der Waals surface area contributed by atoms with E-state index in [1.165, 1.54) is 0 Å². The molecule has 0 saturated carbocycles. The molecule has 192 valence electrons. The minimum Gasteiger partial charge on any atom is -0.465 e. The Kier molecular flexibility index (Phi) is 6.55. The quantitative estimate of drug-likeness (QED) is 0.524. The van der Waals surface area contributed by atoms with Gasteiger partial charge in [-0.3, -0.25) is 9.59 Å². The zero-order chi connectivity index (χ0) is 25.4. The summed E-state index contributed by atoms with van der Waals surface area (Å²) in [5.74, 6) is 1.43. The minimum absolute atomic E-state index is 0.0203. The normalized spacial score (nSPS) is 21.9. The number of likely N-dealkylation sites (tertiary alicyclic amines) is 1. The van der Waals surface area contributed by atoms with Crippen LogP contribution in [-0.2, 0) is 16.0 Å². The standard InChI is InChI=1S/C30H33N3O4/c1-20-17-22(19-23-5-4-14-37-23)28-25(18-20)27(24-6-2-3-7-26(24)31-28)30(35)32-10-8-21(9-11-32)29(34)33-12-15-36-16-13-33/h2-7,14,19-21H,8-13,15-18H2,1H3/b22-19-. The van der Waals surface area contributed by atoms with E-state index in [-0.39, 0.29) is 17.7 Å². The molecule has 2 saturated heterocycles. The number of pyridine rings is 1. The van der Waals surface area contributed by atoms with E-state index in [9.17, 15) is 9.59 Å². The van der Waals surface area contributed by atoms with Crippen molar-refractivity contribution in [3.63, 3.8) is 0 Å². The number of hydrogen-bond donors (Lipinski definition) is 0. The molecule has 7 nitrogen and oxygen atoms in total. The van der Waals surface area contributed by atoms with Gasteiger partial charge in [-0.15, -0.1) is 0 Å². The Balaban J connectivity index is 1.32. The number of furan rings is 1. The van der Waals surface area contributed by atoms with Crippen LogP contribution in [0.15, 0.2) is 47.1 Å². The first-order valence-electron chi connectivity index (χ1n) is 13.4. The molecule has 1 atom stereocenters. The number of fused-ring (bicyclic) bond motifs is 2. The number of piperidine rings is 1. The highest BCUT2D eigenvalue weighted by Gasteiger charge is 2.34. The van der Waals surface area contributed by atoms with Crippen LogP contribution in [-0.4, -0.2) is 66.0 Å². The van der Waals surface area contributed by atoms with Crippen LogP contribution in [0.1, 0.15) is 53.6 Å². The predicted octanol–water partition coefficient (Wildman–Crippen LogP) is 4.66. The number of carbonyl (C=O) groups excluding carboxylic acids is 2. The van der Waals surface area contributed by atoms with Crippen LogP contribution < -0.4 is 0 Å². The Labute approximate surface area is 217 Å². The summed E-state index contributed by atoms with van der Waals surface area (Å²) in [6.07, 6.45) is 6.85. The van der Waals surface area contributed by atoms with Crippen LogP contribution in [0.4, 0.5) is 0 Å². The second-order valence-electron chi connectivity index (χ2n) is 10.5. The lowest BCUT2D eigenvalue weighted by atomic mass is 9.80. The molecule has 1 unspecified atom stereocenters. The molecule has 0 N–H and O–H groups in total. The lowest BCUT2D eigenvalue weighted by Gasteiger charge is -2.36. The van der Waals surface area contributed by atoms with Gasteiger partial charge >= 0.3 is 0 Å². The monoisotopic (exact) mass is 499 g/mol. The lowest BCUT2D eigenvalue weighted by Crippen LogP contribution is -2.47. The summed E-state index contributed by atoms with van der Waals surface area (Å²) in [5.41, 5.74) is 4.66. The average molecular weight is 500 g/mol. The Morgan fingerprint density at radius 3 is 2.51 bits per heavy atom. The number of nitrogens with zero attached hydrogens (tertiary/aromatic N) is 3. The minimum atomic E-state index is -0.0203. The Morgan fingerprint density at radius 1 is 0.973 bits per heavy atom. The van der Waals surface area contributed by atoms with Crippen molar-refractivity contribution < 1.29 is 18.7 Å². The van der Waals surface area contributed by atoms with Crippen molar-refractivity contribution in [3.8, 4) is 0 Å². The fourth-order valence-corrected chi connectivity index (χ4v) is 6.05. The van der Waals surface area contributed by atoms with Crippen molar-refractivity contribution in [2.75, 3.05) is 39.4 Å². The number of ether oxygens (including phenoxy) is 1. The molecule has 1 aliphatic carbocycles. The van der Waals surface area contributed by atoms with E-state index >= 15 is 0 Å². The van der Waals surface area contributed by atoms with Crippen molar-refractivity contribution in [2.45, 2.75) is 32.6 Å². The topological polar surface area (TPSA) is 75.9 Å². The number of para-hydroxylation sites is 1. The van der Waals surface area contributed by atoms with E-state index in [0.29, 0.717) is 58.2 Å². The van der Waals surface area contributed by atoms with Gasteiger partial charge in [0.15, 0.2) is 0 Å². The summed E-state index contributed by atoms with van der Waals surface area (Å²) >= 11 is 0. The fourth-order valence-electron chi connectivity index (χ4n) is 6.05. The maximum absolute atomic E-state index is 14.1. The molecule has 2 aliphatic heterocycles. The van der Waals surface area contributed by atoms with Crippen LogP contribution in [0.25, 0.3) is 22.6 Å². The summed E-state index contributed by atoms with van der Waals surface area (Å²) in [6, 6.07) is 11.8. The molecule has 2 aromatic heterocycles. The smallest absolute Gasteiger partial charge is 0.254 e. The molecule has 1 aromatic carbocycles. The van der Waals surface area contributed by atoms with E-state index in [0.717, 1.165) is 51.9 Å². The first-order chi connectivity index (χ1) is 18.1. The van der Waals surface area contributed by atoms with Gasteiger partial charge in [-0.05, 0) is 67.0 Å². The number of benzene rings is 1. The second kappa shape index (κ2) is 10.1. The van der Waals surface area contributed by atoms with Gasteiger partial charge in [-0.1, -0.05) is 25.1 Å². The number of amides is 2. The van der Waals surface area contributed by atoms with Crippen molar-refractivity contribution in [2.24, 2.45) is 11.8 Å². The molecule has 0 radical (unpaired) electrons. The number of morpholine rings is 1. The van der Waals surface area contributed by atoms with Gasteiger partial charge in [0.05, 0.1) is 36.3 Å². The summed E-state index contributed by atoms with van der Waals surface area (Å²) < 4.78 is 11.0. The van der Waals surface area contributed by atoms with Crippen LogP contribution in [0.2, 0.25) is 0 Å². The maximum Gasteiger partial charge on any atom is 0.254 e. The van der Waals surface area contributed by atoms with Gasteiger partial charge < -0.3 is 19.0 Å². The highest BCUT2D eigenvalue weighted by molar-refractivity contribution is 6.09. The number of hydrogen-bond acceptors (Lipinski definition) is 5. The van der Waals surface area contributed by atoms with Crippen molar-refractivity contribution in [1.29, 1.82) is 0 Å². The first kappa shape index (κ1) is 23.9. The summed E-state index contributed by atoms with van der Waals surface area (Å²) in [6.45, 7) is 5.96. The van der Waals surface area contributed by atoms with Gasteiger partial charge in [0, 0.05) is 37.5 Å². The molecule has 0 spiro atoms. The number of aromatic nitrogens is 1. The highest BCUT2D eigenvalue weighted by atomic mass is 16.5. The fraction of sp³-hybridized carbons (Fsp3) is 0.433. The number of allylic oxidation sites excluding steroid dienone is 1. The van der Waals surface area contributed by atoms with Crippen LogP contribution in [0.5, 0.6) is 0 Å². The number of carbonyl (C=O) groups is 2. The second-order valence-corrected chi connectivity index (χ2v) is 10.5. The van der Waals surface area contributed by atoms with Crippen LogP contribution in [0.3, 0.4) is 0 Å². The van der Waals surface area contributed by atoms with Gasteiger partial charge in [0.25, 0.3) is 5.91 Å². The highest BCUT2D eigenvalue weighted by Crippen LogP contribution is 2.39. The third-order valence-corrected chi connectivity index (χ3v) is 7.95. The SMILES string of the molecule is CC1C/C(=C/c2ccco2)c2nc3ccccc3c(C(=O)N3CCC(C(=O)N4CCOCC4)CC3)c2C1. The molecule has 2 fully saturated rings. The van der Waals surface area contributed by atoms with E-state index in [1.54, 1.807) is 6.26 Å². The van der Waals surface area contributed by atoms with Crippen molar-refractivity contribution in [3.05, 3.63) is 65.2 Å². The predicted molar refractivity (Wildman–Crippen MR) is 142 cm³/mol.